The molecule has 0 saturated carbocycles. The van der Waals surface area contributed by atoms with Gasteiger partial charge < -0.3 is 9.64 Å². The lowest BCUT2D eigenvalue weighted by Crippen LogP contribution is -2.38. The third-order valence-corrected chi connectivity index (χ3v) is 5.97. The quantitative estimate of drug-likeness (QED) is 0.789. The van der Waals surface area contributed by atoms with E-state index in [2.05, 4.69) is 4.72 Å². The minimum Gasteiger partial charge on any atom is -0.495 e. The summed E-state index contributed by atoms with van der Waals surface area (Å²) in [5, 5.41) is 0. The van der Waals surface area contributed by atoms with E-state index in [4.69, 9.17) is 4.74 Å². The lowest BCUT2D eigenvalue weighted by Gasteiger charge is -2.23. The molecule has 0 aliphatic rings. The van der Waals surface area contributed by atoms with Crippen LogP contribution in [0.4, 0.5) is 5.69 Å². The van der Waals surface area contributed by atoms with Gasteiger partial charge in [0.25, 0.3) is 0 Å². The van der Waals surface area contributed by atoms with E-state index in [-0.39, 0.29) is 23.9 Å². The minimum absolute atomic E-state index is 0.0896. The zero-order chi connectivity index (χ0) is 20.2. The highest BCUT2D eigenvalue weighted by atomic mass is 32.2. The molecule has 7 heteroatoms. The van der Waals surface area contributed by atoms with E-state index < -0.39 is 10.0 Å². The molecule has 0 aliphatic heterocycles. The fourth-order valence-electron chi connectivity index (χ4n) is 2.82. The predicted molar refractivity (Wildman–Crippen MR) is 107 cm³/mol. The molecule has 0 radical (unpaired) electrons. The maximum Gasteiger partial charge on any atom is 0.244 e. The van der Waals surface area contributed by atoms with Crippen molar-refractivity contribution < 1.29 is 17.9 Å². The number of methoxy groups -OCH3 is 1. The first-order valence-corrected chi connectivity index (χ1v) is 10.1. The van der Waals surface area contributed by atoms with Crippen LogP contribution < -0.4 is 14.4 Å². The molecule has 0 heterocycles. The Hall–Kier alpha value is -2.38. The molecular formula is C20H26N2O4S. The van der Waals surface area contributed by atoms with Crippen molar-refractivity contribution in [3.8, 4) is 5.75 Å². The topological polar surface area (TPSA) is 75.7 Å². The first-order valence-electron chi connectivity index (χ1n) is 8.66. The van der Waals surface area contributed by atoms with Crippen LogP contribution in [0.5, 0.6) is 5.75 Å². The molecule has 0 saturated heterocycles. The SMILES string of the molecule is COc1cc(C)c(C)cc1S(=O)(=O)NCCN(C(C)=O)c1ccccc1C. The lowest BCUT2D eigenvalue weighted by atomic mass is 10.1. The van der Waals surface area contributed by atoms with E-state index in [1.165, 1.54) is 14.0 Å². The summed E-state index contributed by atoms with van der Waals surface area (Å²) in [5.41, 5.74) is 3.54. The fourth-order valence-corrected chi connectivity index (χ4v) is 4.07. The third-order valence-electron chi connectivity index (χ3n) is 4.48. The summed E-state index contributed by atoms with van der Waals surface area (Å²) < 4.78 is 33.3. The number of nitrogens with zero attached hydrogens (tertiary/aromatic N) is 1. The number of sulfonamides is 1. The second-order valence-corrected chi connectivity index (χ2v) is 8.18. The molecule has 0 fully saturated rings. The number of hydrogen-bond donors (Lipinski definition) is 1. The largest absolute Gasteiger partial charge is 0.495 e. The van der Waals surface area contributed by atoms with Crippen molar-refractivity contribution in [1.29, 1.82) is 0 Å². The average Bonchev–Trinajstić information content (AvgIpc) is 2.61. The Kier molecular flexibility index (Phi) is 6.62. The number of hydrogen-bond acceptors (Lipinski definition) is 4. The number of anilines is 1. The average molecular weight is 391 g/mol. The summed E-state index contributed by atoms with van der Waals surface area (Å²) >= 11 is 0. The minimum atomic E-state index is -3.77. The van der Waals surface area contributed by atoms with E-state index in [0.717, 1.165) is 22.4 Å². The van der Waals surface area contributed by atoms with Gasteiger partial charge in [-0.05, 0) is 55.7 Å². The number of ether oxygens (including phenoxy) is 1. The van der Waals surface area contributed by atoms with Crippen LogP contribution in [0.15, 0.2) is 41.3 Å². The van der Waals surface area contributed by atoms with Gasteiger partial charge in [-0.1, -0.05) is 18.2 Å². The molecule has 0 bridgehead atoms. The van der Waals surface area contributed by atoms with Crippen molar-refractivity contribution in [2.45, 2.75) is 32.6 Å². The third kappa shape index (κ3) is 4.87. The lowest BCUT2D eigenvalue weighted by molar-refractivity contribution is -0.116. The molecule has 0 unspecified atom stereocenters. The van der Waals surface area contributed by atoms with Crippen LogP contribution in [0.3, 0.4) is 0 Å². The molecule has 27 heavy (non-hydrogen) atoms. The van der Waals surface area contributed by atoms with Crippen LogP contribution in [0.1, 0.15) is 23.6 Å². The molecule has 0 aromatic heterocycles. The van der Waals surface area contributed by atoms with Crippen LogP contribution in [-0.2, 0) is 14.8 Å². The highest BCUT2D eigenvalue weighted by Gasteiger charge is 2.21. The van der Waals surface area contributed by atoms with E-state index in [1.54, 1.807) is 17.0 Å². The summed E-state index contributed by atoms with van der Waals surface area (Å²) in [4.78, 5) is 13.7. The standard InChI is InChI=1S/C20H26N2O4S/c1-14-8-6-7-9-18(14)22(17(4)23)11-10-21-27(24,25)20-13-16(3)15(2)12-19(20)26-5/h6-9,12-13,21H,10-11H2,1-5H3. The van der Waals surface area contributed by atoms with Gasteiger partial charge in [-0.25, -0.2) is 13.1 Å². The zero-order valence-electron chi connectivity index (χ0n) is 16.4. The van der Waals surface area contributed by atoms with Crippen LogP contribution in [-0.4, -0.2) is 34.5 Å². The Morgan fingerprint density at radius 3 is 2.30 bits per heavy atom. The van der Waals surface area contributed by atoms with Crippen molar-refractivity contribution in [1.82, 2.24) is 4.72 Å². The van der Waals surface area contributed by atoms with Gasteiger partial charge in [-0.15, -0.1) is 0 Å². The maximum atomic E-state index is 12.7. The second-order valence-electron chi connectivity index (χ2n) is 6.44. The second kappa shape index (κ2) is 8.54. The normalized spacial score (nSPS) is 11.3. The summed E-state index contributed by atoms with van der Waals surface area (Å²) in [6.07, 6.45) is 0. The molecule has 0 spiro atoms. The molecule has 146 valence electrons. The number of nitrogens with one attached hydrogen (secondary N) is 1. The highest BCUT2D eigenvalue weighted by Crippen LogP contribution is 2.27. The number of benzene rings is 2. The highest BCUT2D eigenvalue weighted by molar-refractivity contribution is 7.89. The number of carbonyl (C=O) groups excluding carboxylic acids is 1. The van der Waals surface area contributed by atoms with Crippen molar-refractivity contribution in [3.05, 3.63) is 53.1 Å². The van der Waals surface area contributed by atoms with Gasteiger partial charge in [0.15, 0.2) is 0 Å². The molecule has 6 nitrogen and oxygen atoms in total. The Morgan fingerprint density at radius 2 is 1.70 bits per heavy atom. The summed E-state index contributed by atoms with van der Waals surface area (Å²) in [6.45, 7) is 7.44. The van der Waals surface area contributed by atoms with Crippen molar-refractivity contribution in [2.24, 2.45) is 0 Å². The summed E-state index contributed by atoms with van der Waals surface area (Å²) in [5.74, 6) is 0.153. The first-order chi connectivity index (χ1) is 12.7. The molecule has 2 rings (SSSR count). The van der Waals surface area contributed by atoms with Gasteiger partial charge in [0, 0.05) is 25.7 Å². The van der Waals surface area contributed by atoms with Crippen molar-refractivity contribution >= 4 is 21.6 Å². The Labute approximate surface area is 161 Å². The van der Waals surface area contributed by atoms with Gasteiger partial charge >= 0.3 is 0 Å². The fraction of sp³-hybridized carbons (Fsp3) is 0.350. The number of amides is 1. The molecule has 2 aromatic carbocycles. The molecule has 0 atom stereocenters. The molecule has 0 aliphatic carbocycles. The van der Waals surface area contributed by atoms with Gasteiger partial charge in [-0.3, -0.25) is 4.79 Å². The van der Waals surface area contributed by atoms with Crippen LogP contribution >= 0.6 is 0 Å². The Morgan fingerprint density at radius 1 is 1.07 bits per heavy atom. The zero-order valence-corrected chi connectivity index (χ0v) is 17.2. The monoisotopic (exact) mass is 390 g/mol. The first kappa shape index (κ1) is 20.9. The van der Waals surface area contributed by atoms with E-state index >= 15 is 0 Å². The molecule has 1 N–H and O–H groups in total. The van der Waals surface area contributed by atoms with E-state index in [0.29, 0.717) is 5.75 Å². The van der Waals surface area contributed by atoms with Crippen LogP contribution in [0.25, 0.3) is 0 Å². The van der Waals surface area contributed by atoms with Crippen molar-refractivity contribution in [3.63, 3.8) is 0 Å². The smallest absolute Gasteiger partial charge is 0.244 e. The molecule has 2 aromatic rings. The van der Waals surface area contributed by atoms with Gasteiger partial charge in [-0.2, -0.15) is 0 Å². The number of aryl methyl sites for hydroxylation is 3. The maximum absolute atomic E-state index is 12.7. The number of carbonyl (C=O) groups is 1. The van der Waals surface area contributed by atoms with Gasteiger partial charge in [0.1, 0.15) is 10.6 Å². The van der Waals surface area contributed by atoms with E-state index in [9.17, 15) is 13.2 Å². The van der Waals surface area contributed by atoms with Gasteiger partial charge in [0.2, 0.25) is 15.9 Å². The number of rotatable bonds is 7. The van der Waals surface area contributed by atoms with Crippen LogP contribution in [0.2, 0.25) is 0 Å². The predicted octanol–water partition coefficient (Wildman–Crippen LogP) is 2.95. The van der Waals surface area contributed by atoms with E-state index in [1.807, 2.05) is 45.0 Å². The van der Waals surface area contributed by atoms with Gasteiger partial charge in [0.05, 0.1) is 7.11 Å². The Balaban J connectivity index is 2.19. The van der Waals surface area contributed by atoms with Crippen LogP contribution in [0, 0.1) is 20.8 Å². The summed E-state index contributed by atoms with van der Waals surface area (Å²) in [6, 6.07) is 10.8. The number of para-hydroxylation sites is 1. The molecule has 1 amide bonds. The summed E-state index contributed by atoms with van der Waals surface area (Å²) in [7, 11) is -2.33. The Bertz CT molecular complexity index is 939. The van der Waals surface area contributed by atoms with Crippen molar-refractivity contribution in [2.75, 3.05) is 25.1 Å². The molecular weight excluding hydrogens is 364 g/mol.